The molecular formula is C21H38. The molecule has 5 fully saturated rings. The highest BCUT2D eigenvalue weighted by Crippen LogP contribution is 2.16. The molecule has 7 rings (SSSR count). The fourth-order valence-electron chi connectivity index (χ4n) is 0. The van der Waals surface area contributed by atoms with Crippen LogP contribution in [0, 0.1) is 0 Å². The molecule has 0 aliphatic heterocycles. The standard InChI is InChI=1S/5C3H6.2C3H4/c7*1-2-3-1/h5*1-3H2;2*1-2H,3H2. The Balaban J connectivity index is 0.000000122. The summed E-state index contributed by atoms with van der Waals surface area (Å²) in [5.74, 6) is 0. The van der Waals surface area contributed by atoms with Crippen LogP contribution in [0.25, 0.3) is 0 Å². The summed E-state index contributed by atoms with van der Waals surface area (Å²) in [5.41, 5.74) is 0. The van der Waals surface area contributed by atoms with E-state index in [2.05, 4.69) is 24.3 Å². The summed E-state index contributed by atoms with van der Waals surface area (Å²) in [7, 11) is 0. The highest BCUT2D eigenvalue weighted by atomic mass is 14.0. The second kappa shape index (κ2) is 15.9. The molecule has 0 heterocycles. The van der Waals surface area contributed by atoms with Crippen molar-refractivity contribution >= 4 is 0 Å². The molecule has 0 aromatic carbocycles. The van der Waals surface area contributed by atoms with Gasteiger partial charge < -0.3 is 0 Å². The maximum absolute atomic E-state index is 2.12. The van der Waals surface area contributed by atoms with E-state index in [1.54, 1.807) is 0 Å². The third-order valence-electron chi connectivity index (χ3n) is 2.24. The van der Waals surface area contributed by atoms with Crippen LogP contribution in [-0.4, -0.2) is 0 Å². The van der Waals surface area contributed by atoms with Crippen molar-refractivity contribution in [1.29, 1.82) is 0 Å². The summed E-state index contributed by atoms with van der Waals surface area (Å²) in [6.07, 6.45) is 33.5. The van der Waals surface area contributed by atoms with Crippen molar-refractivity contribution in [2.24, 2.45) is 0 Å². The molecule has 0 nitrogen and oxygen atoms in total. The smallest absolute Gasteiger partial charge is 0.0169 e. The summed E-state index contributed by atoms with van der Waals surface area (Å²) >= 11 is 0. The Bertz CT molecular complexity index is 170. The fraction of sp³-hybridized carbons (Fsp3) is 0.810. The predicted octanol–water partition coefficient (Wildman–Crippen LogP) is 7.74. The van der Waals surface area contributed by atoms with E-state index in [9.17, 15) is 0 Å². The molecular weight excluding hydrogens is 252 g/mol. The Morgan fingerprint density at radius 2 is 0.333 bits per heavy atom. The van der Waals surface area contributed by atoms with Crippen LogP contribution in [0.2, 0.25) is 0 Å². The molecule has 0 unspecified atom stereocenters. The number of hydrogen-bond acceptors (Lipinski definition) is 0. The van der Waals surface area contributed by atoms with Gasteiger partial charge in [-0.1, -0.05) is 121 Å². The third-order valence-corrected chi connectivity index (χ3v) is 2.24. The SMILES string of the molecule is C1=CC1.C1=CC1.C1CC1.C1CC1.C1CC1.C1CC1.C1CC1. The monoisotopic (exact) mass is 290 g/mol. The van der Waals surface area contributed by atoms with Crippen LogP contribution in [0.15, 0.2) is 24.3 Å². The van der Waals surface area contributed by atoms with Crippen molar-refractivity contribution in [1.82, 2.24) is 0 Å². The number of allylic oxidation sites excluding steroid dienone is 4. The molecule has 0 bridgehead atoms. The van der Waals surface area contributed by atoms with Gasteiger partial charge in [-0.25, -0.2) is 0 Å². The molecule has 122 valence electrons. The van der Waals surface area contributed by atoms with Gasteiger partial charge in [0.2, 0.25) is 0 Å². The Hall–Kier alpha value is -0.520. The van der Waals surface area contributed by atoms with Gasteiger partial charge in [0.25, 0.3) is 0 Å². The van der Waals surface area contributed by atoms with Crippen LogP contribution in [-0.2, 0) is 0 Å². The van der Waals surface area contributed by atoms with Crippen LogP contribution < -0.4 is 0 Å². The number of rotatable bonds is 0. The molecule has 21 heavy (non-hydrogen) atoms. The van der Waals surface area contributed by atoms with E-state index in [4.69, 9.17) is 0 Å². The largest absolute Gasteiger partial charge is 0.0844 e. The van der Waals surface area contributed by atoms with Gasteiger partial charge in [-0.2, -0.15) is 0 Å². The van der Waals surface area contributed by atoms with E-state index >= 15 is 0 Å². The predicted molar refractivity (Wildman–Crippen MR) is 96.8 cm³/mol. The molecule has 0 heteroatoms. The van der Waals surface area contributed by atoms with E-state index in [1.165, 1.54) is 109 Å². The molecule has 0 radical (unpaired) electrons. The summed E-state index contributed by atoms with van der Waals surface area (Å²) in [4.78, 5) is 0. The van der Waals surface area contributed by atoms with Gasteiger partial charge in [0.15, 0.2) is 0 Å². The van der Waals surface area contributed by atoms with Crippen LogP contribution in [0.4, 0.5) is 0 Å². The first kappa shape index (κ1) is 18.5. The van der Waals surface area contributed by atoms with Gasteiger partial charge in [0.05, 0.1) is 0 Å². The van der Waals surface area contributed by atoms with E-state index in [0.29, 0.717) is 0 Å². The first-order valence-corrected chi connectivity index (χ1v) is 9.80. The van der Waals surface area contributed by atoms with Crippen LogP contribution in [0.3, 0.4) is 0 Å². The normalized spacial score (nSPS) is 22.5. The summed E-state index contributed by atoms with van der Waals surface area (Å²) in [6.45, 7) is 0. The summed E-state index contributed by atoms with van der Waals surface area (Å²) < 4.78 is 0. The van der Waals surface area contributed by atoms with Crippen molar-refractivity contribution in [3.05, 3.63) is 24.3 Å². The van der Waals surface area contributed by atoms with Gasteiger partial charge in [-0.15, -0.1) is 0 Å². The topological polar surface area (TPSA) is 0 Å². The van der Waals surface area contributed by atoms with Crippen molar-refractivity contribution in [3.8, 4) is 0 Å². The lowest BCUT2D eigenvalue weighted by molar-refractivity contribution is 1.50. The summed E-state index contributed by atoms with van der Waals surface area (Å²) in [5, 5.41) is 0. The van der Waals surface area contributed by atoms with Crippen LogP contribution in [0.5, 0.6) is 0 Å². The van der Waals surface area contributed by atoms with Crippen molar-refractivity contribution in [2.45, 2.75) is 109 Å². The molecule has 0 atom stereocenters. The minimum atomic E-state index is 1.25. The Morgan fingerprint density at radius 3 is 0.333 bits per heavy atom. The summed E-state index contributed by atoms with van der Waals surface area (Å²) in [6, 6.07) is 0. The maximum Gasteiger partial charge on any atom is -0.0169 e. The van der Waals surface area contributed by atoms with Gasteiger partial charge in [-0.05, 0) is 12.8 Å². The third kappa shape index (κ3) is 142. The highest BCUT2D eigenvalue weighted by Gasteiger charge is 1.96. The van der Waals surface area contributed by atoms with Crippen LogP contribution >= 0.6 is 0 Å². The average molecular weight is 291 g/mol. The van der Waals surface area contributed by atoms with E-state index in [-0.39, 0.29) is 0 Å². The van der Waals surface area contributed by atoms with Crippen molar-refractivity contribution in [3.63, 3.8) is 0 Å². The molecule has 7 aliphatic carbocycles. The second-order valence-corrected chi connectivity index (χ2v) is 6.72. The zero-order valence-corrected chi connectivity index (χ0v) is 14.3. The highest BCUT2D eigenvalue weighted by molar-refractivity contribution is 5.02. The molecule has 0 saturated heterocycles. The van der Waals surface area contributed by atoms with E-state index in [1.807, 2.05) is 0 Å². The molecule has 7 aliphatic rings. The van der Waals surface area contributed by atoms with E-state index in [0.717, 1.165) is 0 Å². The average Bonchev–Trinajstić information content (AvgIpc) is 3.42. The second-order valence-electron chi connectivity index (χ2n) is 6.72. The minimum Gasteiger partial charge on any atom is -0.0844 e. The zero-order valence-electron chi connectivity index (χ0n) is 14.3. The minimum absolute atomic E-state index is 1.25. The lowest BCUT2D eigenvalue weighted by Gasteiger charge is -1.15. The molecule has 0 aromatic heterocycles. The Labute approximate surface area is 134 Å². The van der Waals surface area contributed by atoms with Gasteiger partial charge in [0.1, 0.15) is 0 Å². The first-order chi connectivity index (χ1) is 10.5. The van der Waals surface area contributed by atoms with Gasteiger partial charge in [0, 0.05) is 0 Å². The van der Waals surface area contributed by atoms with E-state index < -0.39 is 0 Å². The molecule has 0 spiro atoms. The molecule has 0 N–H and O–H groups in total. The lowest BCUT2D eigenvalue weighted by Crippen LogP contribution is -0.956. The quantitative estimate of drug-likeness (QED) is 0.400. The Morgan fingerprint density at radius 1 is 0.238 bits per heavy atom. The number of hydrogen-bond donors (Lipinski definition) is 0. The Kier molecular flexibility index (Phi) is 14.0. The maximum atomic E-state index is 2.12. The van der Waals surface area contributed by atoms with Crippen molar-refractivity contribution in [2.75, 3.05) is 0 Å². The van der Waals surface area contributed by atoms with Crippen LogP contribution in [0.1, 0.15) is 109 Å². The lowest BCUT2D eigenvalue weighted by atomic mass is 10.9. The first-order valence-electron chi connectivity index (χ1n) is 9.80. The molecule has 0 aromatic rings. The molecule has 0 amide bonds. The van der Waals surface area contributed by atoms with Crippen molar-refractivity contribution < 1.29 is 0 Å². The molecule has 5 saturated carbocycles. The zero-order chi connectivity index (χ0) is 14.8. The van der Waals surface area contributed by atoms with Gasteiger partial charge in [-0.3, -0.25) is 0 Å². The fourth-order valence-corrected chi connectivity index (χ4v) is 0. The van der Waals surface area contributed by atoms with Gasteiger partial charge >= 0.3 is 0 Å².